The van der Waals surface area contributed by atoms with Crippen molar-refractivity contribution >= 4 is 29.5 Å². The zero-order valence-electron chi connectivity index (χ0n) is 11.7. The first-order chi connectivity index (χ1) is 9.52. The largest absolute Gasteiger partial charge is 0.351 e. The topological polar surface area (TPSA) is 58.2 Å². The number of rotatable bonds is 6. The third-order valence-electron chi connectivity index (χ3n) is 2.55. The Labute approximate surface area is 124 Å². The van der Waals surface area contributed by atoms with Crippen LogP contribution in [0.15, 0.2) is 30.0 Å². The SMILES string of the molecule is CCCCNC(=O)/C(=C\c1ccc(Cl)cc1)NC(C)=O. The van der Waals surface area contributed by atoms with Crippen LogP contribution in [-0.4, -0.2) is 18.4 Å². The van der Waals surface area contributed by atoms with E-state index in [0.717, 1.165) is 18.4 Å². The van der Waals surface area contributed by atoms with Gasteiger partial charge in [-0.2, -0.15) is 0 Å². The van der Waals surface area contributed by atoms with Crippen molar-refractivity contribution in [3.8, 4) is 0 Å². The fraction of sp³-hybridized carbons (Fsp3) is 0.333. The van der Waals surface area contributed by atoms with Crippen LogP contribution in [0.1, 0.15) is 32.3 Å². The van der Waals surface area contributed by atoms with Gasteiger partial charge in [0.15, 0.2) is 0 Å². The highest BCUT2D eigenvalue weighted by molar-refractivity contribution is 6.30. The second-order valence-corrected chi connectivity index (χ2v) is 4.84. The third-order valence-corrected chi connectivity index (χ3v) is 2.80. The molecule has 0 bridgehead atoms. The molecule has 0 saturated heterocycles. The van der Waals surface area contributed by atoms with E-state index in [0.29, 0.717) is 11.6 Å². The predicted octanol–water partition coefficient (Wildman–Crippen LogP) is 2.73. The summed E-state index contributed by atoms with van der Waals surface area (Å²) in [6.07, 6.45) is 3.52. The lowest BCUT2D eigenvalue weighted by Gasteiger charge is -2.09. The van der Waals surface area contributed by atoms with E-state index in [9.17, 15) is 9.59 Å². The predicted molar refractivity (Wildman–Crippen MR) is 81.2 cm³/mol. The number of carbonyl (C=O) groups is 2. The smallest absolute Gasteiger partial charge is 0.267 e. The molecule has 1 aromatic rings. The van der Waals surface area contributed by atoms with Gasteiger partial charge < -0.3 is 10.6 Å². The summed E-state index contributed by atoms with van der Waals surface area (Å²) in [7, 11) is 0. The summed E-state index contributed by atoms with van der Waals surface area (Å²) in [4.78, 5) is 23.2. The summed E-state index contributed by atoms with van der Waals surface area (Å²) in [6.45, 7) is 4.01. The van der Waals surface area contributed by atoms with E-state index in [2.05, 4.69) is 10.6 Å². The molecule has 2 N–H and O–H groups in total. The lowest BCUT2D eigenvalue weighted by molar-refractivity contribution is -0.122. The minimum atomic E-state index is -0.288. The van der Waals surface area contributed by atoms with Crippen LogP contribution in [0, 0.1) is 0 Å². The van der Waals surface area contributed by atoms with Gasteiger partial charge in [-0.3, -0.25) is 9.59 Å². The number of halogens is 1. The Hall–Kier alpha value is -1.81. The molecule has 4 nitrogen and oxygen atoms in total. The summed E-state index contributed by atoms with van der Waals surface area (Å²) >= 11 is 5.81. The van der Waals surface area contributed by atoms with Crippen LogP contribution >= 0.6 is 11.6 Å². The molecule has 0 saturated carbocycles. The second-order valence-electron chi connectivity index (χ2n) is 4.40. The van der Waals surface area contributed by atoms with Crippen molar-refractivity contribution in [3.05, 3.63) is 40.5 Å². The van der Waals surface area contributed by atoms with Gasteiger partial charge in [-0.05, 0) is 30.2 Å². The number of carbonyl (C=O) groups excluding carboxylic acids is 2. The first kappa shape index (κ1) is 16.2. The third kappa shape index (κ3) is 5.89. The minimum Gasteiger partial charge on any atom is -0.351 e. The molecule has 0 radical (unpaired) electrons. The number of nitrogens with one attached hydrogen (secondary N) is 2. The number of unbranched alkanes of at least 4 members (excludes halogenated alkanes) is 1. The van der Waals surface area contributed by atoms with Crippen LogP contribution in [-0.2, 0) is 9.59 Å². The summed E-state index contributed by atoms with van der Waals surface area (Å²) in [5.74, 6) is -0.570. The van der Waals surface area contributed by atoms with Gasteiger partial charge in [0.05, 0.1) is 0 Å². The Balaban J connectivity index is 2.84. The number of amides is 2. The standard InChI is InChI=1S/C15H19ClN2O2/c1-3-4-9-17-15(20)14(18-11(2)19)10-12-5-7-13(16)8-6-12/h5-8,10H,3-4,9H2,1-2H3,(H,17,20)(H,18,19)/b14-10+. The maximum absolute atomic E-state index is 12.0. The molecular weight excluding hydrogens is 276 g/mol. The summed E-state index contributed by atoms with van der Waals surface area (Å²) in [5.41, 5.74) is 1.03. The normalized spacial score (nSPS) is 11.1. The van der Waals surface area contributed by atoms with Crippen LogP contribution in [0.3, 0.4) is 0 Å². The van der Waals surface area contributed by atoms with Crippen molar-refractivity contribution in [2.24, 2.45) is 0 Å². The molecule has 1 aromatic carbocycles. The van der Waals surface area contributed by atoms with Crippen LogP contribution < -0.4 is 10.6 Å². The molecule has 5 heteroatoms. The van der Waals surface area contributed by atoms with Crippen molar-refractivity contribution in [2.75, 3.05) is 6.54 Å². The maximum atomic E-state index is 12.0. The van der Waals surface area contributed by atoms with E-state index in [4.69, 9.17) is 11.6 Å². The summed E-state index contributed by atoms with van der Waals surface area (Å²) < 4.78 is 0. The van der Waals surface area contributed by atoms with Crippen molar-refractivity contribution in [1.82, 2.24) is 10.6 Å². The Morgan fingerprint density at radius 2 is 1.90 bits per heavy atom. The molecule has 1 rings (SSSR count). The van der Waals surface area contributed by atoms with Crippen molar-refractivity contribution in [2.45, 2.75) is 26.7 Å². The Morgan fingerprint density at radius 1 is 1.25 bits per heavy atom. The molecule has 0 aliphatic rings. The molecule has 0 unspecified atom stereocenters. The van der Waals surface area contributed by atoms with Gasteiger partial charge in [0, 0.05) is 18.5 Å². The van der Waals surface area contributed by atoms with Gasteiger partial charge in [-0.25, -0.2) is 0 Å². The first-order valence-corrected chi connectivity index (χ1v) is 6.93. The lowest BCUT2D eigenvalue weighted by atomic mass is 10.2. The van der Waals surface area contributed by atoms with Crippen molar-refractivity contribution < 1.29 is 9.59 Å². The van der Waals surface area contributed by atoms with E-state index >= 15 is 0 Å². The summed E-state index contributed by atoms with van der Waals surface area (Å²) in [5, 5.41) is 5.94. The number of hydrogen-bond donors (Lipinski definition) is 2. The zero-order valence-corrected chi connectivity index (χ0v) is 12.5. The second kappa shape index (κ2) is 8.38. The molecule has 20 heavy (non-hydrogen) atoms. The highest BCUT2D eigenvalue weighted by Crippen LogP contribution is 2.12. The summed E-state index contributed by atoms with van der Waals surface area (Å²) in [6, 6.07) is 7.02. The molecule has 0 fully saturated rings. The Kier molecular flexibility index (Phi) is 6.81. The van der Waals surface area contributed by atoms with Gasteiger partial charge in [-0.15, -0.1) is 0 Å². The quantitative estimate of drug-likeness (QED) is 0.626. The molecular formula is C15H19ClN2O2. The van der Waals surface area contributed by atoms with E-state index in [1.54, 1.807) is 30.3 Å². The molecule has 0 atom stereocenters. The van der Waals surface area contributed by atoms with Crippen LogP contribution in [0.2, 0.25) is 5.02 Å². The average molecular weight is 295 g/mol. The van der Waals surface area contributed by atoms with Crippen LogP contribution in [0.5, 0.6) is 0 Å². The molecule has 0 spiro atoms. The lowest BCUT2D eigenvalue weighted by Crippen LogP contribution is -2.34. The van der Waals surface area contributed by atoms with E-state index in [1.165, 1.54) is 6.92 Å². The molecule has 0 aliphatic carbocycles. The van der Waals surface area contributed by atoms with Crippen LogP contribution in [0.25, 0.3) is 6.08 Å². The maximum Gasteiger partial charge on any atom is 0.267 e. The number of hydrogen-bond acceptors (Lipinski definition) is 2. The molecule has 108 valence electrons. The molecule has 0 heterocycles. The average Bonchev–Trinajstić information content (AvgIpc) is 2.40. The van der Waals surface area contributed by atoms with E-state index < -0.39 is 0 Å². The highest BCUT2D eigenvalue weighted by atomic mass is 35.5. The van der Waals surface area contributed by atoms with Crippen molar-refractivity contribution in [3.63, 3.8) is 0 Å². The highest BCUT2D eigenvalue weighted by Gasteiger charge is 2.10. The monoisotopic (exact) mass is 294 g/mol. The number of benzene rings is 1. The Bertz CT molecular complexity index is 495. The van der Waals surface area contributed by atoms with E-state index in [1.807, 2.05) is 6.92 Å². The van der Waals surface area contributed by atoms with Gasteiger partial charge in [0.2, 0.25) is 5.91 Å². The van der Waals surface area contributed by atoms with Gasteiger partial charge >= 0.3 is 0 Å². The minimum absolute atomic E-state index is 0.232. The molecule has 0 aliphatic heterocycles. The van der Waals surface area contributed by atoms with Gasteiger partial charge in [0.1, 0.15) is 5.70 Å². The van der Waals surface area contributed by atoms with Crippen molar-refractivity contribution in [1.29, 1.82) is 0 Å². The fourth-order valence-electron chi connectivity index (χ4n) is 1.55. The van der Waals surface area contributed by atoms with Gasteiger partial charge in [-0.1, -0.05) is 37.1 Å². The molecule has 2 amide bonds. The zero-order chi connectivity index (χ0) is 15.0. The van der Waals surface area contributed by atoms with Crippen LogP contribution in [0.4, 0.5) is 0 Å². The Morgan fingerprint density at radius 3 is 2.45 bits per heavy atom. The molecule has 0 aromatic heterocycles. The fourth-order valence-corrected chi connectivity index (χ4v) is 1.67. The first-order valence-electron chi connectivity index (χ1n) is 6.56. The van der Waals surface area contributed by atoms with Gasteiger partial charge in [0.25, 0.3) is 5.91 Å². The van der Waals surface area contributed by atoms with E-state index in [-0.39, 0.29) is 17.5 Å².